The number of aryl methyl sites for hydroxylation is 1. The molecule has 2 aliphatic rings. The molecule has 2 fully saturated rings. The van der Waals surface area contributed by atoms with E-state index in [0.717, 1.165) is 30.2 Å². The van der Waals surface area contributed by atoms with Crippen molar-refractivity contribution in [2.75, 3.05) is 23.3 Å². The van der Waals surface area contributed by atoms with E-state index in [2.05, 4.69) is 30.7 Å². The fourth-order valence-corrected chi connectivity index (χ4v) is 4.27. The molecule has 13 heteroatoms. The molecule has 13 nitrogen and oxygen atoms in total. The summed E-state index contributed by atoms with van der Waals surface area (Å²) in [6.45, 7) is 1.45. The van der Waals surface area contributed by atoms with Crippen LogP contribution in [0.15, 0.2) is 47.7 Å². The van der Waals surface area contributed by atoms with E-state index in [4.69, 9.17) is 13.9 Å². The van der Waals surface area contributed by atoms with E-state index in [1.54, 1.807) is 29.2 Å². The number of fused-ring (bicyclic) bond motifs is 1. The Morgan fingerprint density at radius 1 is 1.16 bits per heavy atom. The molecule has 196 valence electrons. The number of nitrogens with one attached hydrogen (secondary N) is 2. The summed E-state index contributed by atoms with van der Waals surface area (Å²) in [6.07, 6.45) is 10.1. The number of hydrogen-bond donors (Lipinski definition) is 2. The molecule has 3 aromatic heterocycles. The number of alkyl carbamates (subject to hydrolysis) is 1. The highest BCUT2D eigenvalue weighted by atomic mass is 16.6. The number of nitrogens with zero attached hydrogens (tertiary/aromatic N) is 6. The zero-order chi connectivity index (χ0) is 26.1. The smallest absolute Gasteiger partial charge is 0.407 e. The maximum atomic E-state index is 13.0. The van der Waals surface area contributed by atoms with E-state index in [1.165, 1.54) is 12.6 Å². The average molecular weight is 519 g/mol. The molecule has 2 amide bonds. The number of ether oxygens (including phenoxy) is 2. The third-order valence-corrected chi connectivity index (χ3v) is 6.33. The van der Waals surface area contributed by atoms with Crippen molar-refractivity contribution in [3.05, 3.63) is 54.8 Å². The highest BCUT2D eigenvalue weighted by Crippen LogP contribution is 2.31. The number of anilines is 2. The second-order valence-corrected chi connectivity index (χ2v) is 9.36. The highest BCUT2D eigenvalue weighted by molar-refractivity contribution is 6.04. The molecular formula is C25H26N8O5. The van der Waals surface area contributed by atoms with Gasteiger partial charge in [0.15, 0.2) is 12.2 Å². The van der Waals surface area contributed by atoms with E-state index in [-0.39, 0.29) is 30.5 Å². The second-order valence-electron chi connectivity index (χ2n) is 9.36. The Hall–Kier alpha value is -4.68. The van der Waals surface area contributed by atoms with Gasteiger partial charge < -0.3 is 29.4 Å². The molecule has 1 saturated carbocycles. The minimum absolute atomic E-state index is 0.0243. The minimum atomic E-state index is -0.430. The predicted molar refractivity (Wildman–Crippen MR) is 135 cm³/mol. The van der Waals surface area contributed by atoms with Gasteiger partial charge in [-0.3, -0.25) is 9.48 Å². The van der Waals surface area contributed by atoms with Gasteiger partial charge in [-0.1, -0.05) is 0 Å². The molecule has 0 bridgehead atoms. The van der Waals surface area contributed by atoms with Gasteiger partial charge in [-0.15, -0.1) is 0 Å². The Bertz CT molecular complexity index is 1450. The van der Waals surface area contributed by atoms with E-state index in [1.807, 2.05) is 18.1 Å². The summed E-state index contributed by atoms with van der Waals surface area (Å²) in [4.78, 5) is 39.6. The molecular weight excluding hydrogens is 492 g/mol. The Morgan fingerprint density at radius 2 is 2.05 bits per heavy atom. The molecule has 1 aliphatic carbocycles. The maximum Gasteiger partial charge on any atom is 0.407 e. The number of carbonyl (C=O) groups excluding carboxylic acids is 2. The highest BCUT2D eigenvalue weighted by Gasteiger charge is 2.29. The summed E-state index contributed by atoms with van der Waals surface area (Å²) in [7, 11) is 1.82. The van der Waals surface area contributed by atoms with Crippen molar-refractivity contribution in [2.45, 2.75) is 38.0 Å². The van der Waals surface area contributed by atoms with Crippen molar-refractivity contribution in [1.29, 1.82) is 0 Å². The lowest BCUT2D eigenvalue weighted by atomic mass is 10.2. The standard InChI is InChI=1S/C25H26N8O5/c1-32-11-15-6-20(22(7-19(15)31-32)36-13-18-8-26-14-37-18)30-24(34)21-9-28-23(10-27-21)33-5-4-16(12-33)29-25(35)38-17-2-3-17/h6-11,14,16-17H,2-5,12-13H2,1H3,(H,29,35)(H,30,34)/t16-/m1/s1. The Labute approximate surface area is 217 Å². The molecule has 0 radical (unpaired) electrons. The largest absolute Gasteiger partial charge is 0.483 e. The third kappa shape index (κ3) is 5.36. The van der Waals surface area contributed by atoms with E-state index < -0.39 is 5.91 Å². The second kappa shape index (κ2) is 10.00. The molecule has 0 spiro atoms. The number of carbonyl (C=O) groups is 2. The van der Waals surface area contributed by atoms with Gasteiger partial charge in [0.1, 0.15) is 30.0 Å². The normalized spacial score (nSPS) is 17.0. The van der Waals surface area contributed by atoms with Crippen molar-refractivity contribution in [1.82, 2.24) is 30.0 Å². The third-order valence-electron chi connectivity index (χ3n) is 6.33. The lowest BCUT2D eigenvalue weighted by Gasteiger charge is -2.18. The van der Waals surface area contributed by atoms with Crippen LogP contribution in [-0.2, 0) is 18.4 Å². The molecule has 4 heterocycles. The molecule has 2 N–H and O–H groups in total. The summed E-state index contributed by atoms with van der Waals surface area (Å²) in [5.74, 6) is 1.18. The van der Waals surface area contributed by atoms with Gasteiger partial charge in [-0.05, 0) is 25.3 Å². The van der Waals surface area contributed by atoms with Crippen LogP contribution in [0.5, 0.6) is 5.75 Å². The number of oxazole rings is 1. The van der Waals surface area contributed by atoms with Gasteiger partial charge in [-0.25, -0.2) is 19.7 Å². The van der Waals surface area contributed by atoms with Crippen LogP contribution < -0.4 is 20.3 Å². The number of hydrogen-bond acceptors (Lipinski definition) is 10. The van der Waals surface area contributed by atoms with Crippen molar-refractivity contribution in [3.63, 3.8) is 0 Å². The molecule has 4 aromatic rings. The van der Waals surface area contributed by atoms with Crippen LogP contribution in [0.2, 0.25) is 0 Å². The lowest BCUT2D eigenvalue weighted by Crippen LogP contribution is -2.37. The minimum Gasteiger partial charge on any atom is -0.483 e. The summed E-state index contributed by atoms with van der Waals surface area (Å²) >= 11 is 0. The Morgan fingerprint density at radius 3 is 2.82 bits per heavy atom. The quantitative estimate of drug-likeness (QED) is 0.356. The van der Waals surface area contributed by atoms with Crippen LogP contribution in [0, 0.1) is 0 Å². The predicted octanol–water partition coefficient (Wildman–Crippen LogP) is 2.65. The Kier molecular flexibility index (Phi) is 6.23. The monoisotopic (exact) mass is 518 g/mol. The number of aromatic nitrogens is 5. The van der Waals surface area contributed by atoms with E-state index in [9.17, 15) is 9.59 Å². The van der Waals surface area contributed by atoms with Gasteiger partial charge in [0, 0.05) is 37.8 Å². The van der Waals surface area contributed by atoms with Crippen LogP contribution in [0.4, 0.5) is 16.3 Å². The lowest BCUT2D eigenvalue weighted by molar-refractivity contribution is 0.102. The molecule has 0 unspecified atom stereocenters. The summed E-state index contributed by atoms with van der Waals surface area (Å²) < 4.78 is 18.1. The van der Waals surface area contributed by atoms with Gasteiger partial charge in [0.2, 0.25) is 0 Å². The van der Waals surface area contributed by atoms with Crippen molar-refractivity contribution < 1.29 is 23.5 Å². The van der Waals surface area contributed by atoms with Crippen LogP contribution >= 0.6 is 0 Å². The Balaban J connectivity index is 1.12. The van der Waals surface area contributed by atoms with Crippen LogP contribution in [0.3, 0.4) is 0 Å². The molecule has 6 rings (SSSR count). The number of benzene rings is 1. The molecule has 1 aromatic carbocycles. The summed E-state index contributed by atoms with van der Waals surface area (Å²) in [6, 6.07) is 3.53. The van der Waals surface area contributed by atoms with Crippen molar-refractivity contribution in [2.24, 2.45) is 7.05 Å². The first-order chi connectivity index (χ1) is 18.5. The molecule has 1 atom stereocenters. The topological polar surface area (TPSA) is 150 Å². The molecule has 38 heavy (non-hydrogen) atoms. The fraction of sp³-hybridized carbons (Fsp3) is 0.360. The van der Waals surface area contributed by atoms with Gasteiger partial charge in [-0.2, -0.15) is 5.10 Å². The summed E-state index contributed by atoms with van der Waals surface area (Å²) in [5, 5.41) is 11.0. The van der Waals surface area contributed by atoms with Crippen LogP contribution in [0.25, 0.3) is 10.9 Å². The zero-order valence-electron chi connectivity index (χ0n) is 20.7. The van der Waals surface area contributed by atoms with Gasteiger partial charge in [0.25, 0.3) is 5.91 Å². The first-order valence-electron chi connectivity index (χ1n) is 12.3. The van der Waals surface area contributed by atoms with E-state index >= 15 is 0 Å². The average Bonchev–Trinajstić information content (AvgIpc) is 3.25. The van der Waals surface area contributed by atoms with Crippen molar-refractivity contribution >= 4 is 34.4 Å². The maximum absolute atomic E-state index is 13.0. The van der Waals surface area contributed by atoms with Crippen LogP contribution in [0.1, 0.15) is 35.5 Å². The number of rotatable bonds is 8. The molecule has 1 saturated heterocycles. The van der Waals surface area contributed by atoms with E-state index in [0.29, 0.717) is 36.1 Å². The fourth-order valence-electron chi connectivity index (χ4n) is 4.27. The zero-order valence-corrected chi connectivity index (χ0v) is 20.7. The SMILES string of the molecule is Cn1cc2cc(NC(=O)c3cnc(N4CC[C@@H](NC(=O)OC5CC5)C4)cn3)c(OCc3cnco3)cc2n1. The number of amides is 2. The van der Waals surface area contributed by atoms with Crippen molar-refractivity contribution in [3.8, 4) is 5.75 Å². The summed E-state index contributed by atoms with van der Waals surface area (Å²) in [5.41, 5.74) is 1.34. The first-order valence-corrected chi connectivity index (χ1v) is 12.3. The molecule has 1 aliphatic heterocycles. The van der Waals surface area contributed by atoms with Crippen LogP contribution in [-0.4, -0.2) is 62.0 Å². The first kappa shape index (κ1) is 23.7. The van der Waals surface area contributed by atoms with Gasteiger partial charge in [0.05, 0.1) is 35.8 Å². The van der Waals surface area contributed by atoms with Gasteiger partial charge >= 0.3 is 6.09 Å².